The van der Waals surface area contributed by atoms with Gasteiger partial charge >= 0.3 is 0 Å². The lowest BCUT2D eigenvalue weighted by atomic mass is 9.95. The number of pyridine rings is 1. The van der Waals surface area contributed by atoms with E-state index in [0.29, 0.717) is 40.4 Å². The molecule has 1 amide bonds. The van der Waals surface area contributed by atoms with E-state index in [1.165, 1.54) is 11.3 Å². The number of carbonyl (C=O) groups excluding carboxylic acids is 1. The first kappa shape index (κ1) is 25.8. The molecule has 1 aromatic carbocycles. The van der Waals surface area contributed by atoms with Crippen LogP contribution in [0.1, 0.15) is 34.8 Å². The van der Waals surface area contributed by atoms with Crippen LogP contribution < -0.4 is 10.5 Å². The molecule has 4 aromatic heterocycles. The number of nitrogens with zero attached hydrogens (tertiary/aromatic N) is 6. The second-order valence-corrected chi connectivity index (χ2v) is 12.6. The summed E-state index contributed by atoms with van der Waals surface area (Å²) in [6.45, 7) is 7.15. The molecule has 2 fully saturated rings. The van der Waals surface area contributed by atoms with Gasteiger partial charge in [-0.15, -0.1) is 11.3 Å². The molecule has 2 N–H and O–H groups in total. The second kappa shape index (κ2) is 9.46. The highest BCUT2D eigenvalue weighted by atomic mass is 32.1. The van der Waals surface area contributed by atoms with Crippen LogP contribution in [0.5, 0.6) is 5.88 Å². The lowest BCUT2D eigenvalue weighted by molar-refractivity contribution is 0.0755. The monoisotopic (exact) mass is 565 g/mol. The number of fused-ring (bicyclic) bond motifs is 2. The zero-order valence-electron chi connectivity index (χ0n) is 23.4. The molecule has 1 saturated heterocycles. The van der Waals surface area contributed by atoms with Gasteiger partial charge in [-0.05, 0) is 50.6 Å². The van der Waals surface area contributed by atoms with Crippen LogP contribution in [0.4, 0.5) is 0 Å². The van der Waals surface area contributed by atoms with E-state index in [1.54, 1.807) is 18.5 Å². The molecule has 1 aliphatic heterocycles. The Labute approximate surface area is 242 Å². The number of nitrogens with two attached hydrogens (primary N) is 1. The summed E-state index contributed by atoms with van der Waals surface area (Å²) in [7, 11) is 2.05. The summed E-state index contributed by atoms with van der Waals surface area (Å²) in [5, 5.41) is 1.82. The third-order valence-corrected chi connectivity index (χ3v) is 9.31. The molecule has 0 radical (unpaired) electrons. The fourth-order valence-corrected chi connectivity index (χ4v) is 6.78. The molecule has 1 aliphatic carbocycles. The number of hydrogen-bond acceptors (Lipinski definition) is 8. The van der Waals surface area contributed by atoms with Crippen molar-refractivity contribution in [1.82, 2.24) is 29.4 Å². The predicted molar refractivity (Wildman–Crippen MR) is 159 cm³/mol. The summed E-state index contributed by atoms with van der Waals surface area (Å²) in [4.78, 5) is 34.0. The number of thiazole rings is 1. The second-order valence-electron chi connectivity index (χ2n) is 11.6. The Morgan fingerprint density at radius 1 is 1.05 bits per heavy atom. The van der Waals surface area contributed by atoms with Crippen molar-refractivity contribution < 1.29 is 9.53 Å². The van der Waals surface area contributed by atoms with Crippen LogP contribution >= 0.6 is 11.3 Å². The average molecular weight is 566 g/mol. The van der Waals surface area contributed by atoms with Gasteiger partial charge in [0.05, 0.1) is 17.1 Å². The maximum absolute atomic E-state index is 13.4. The number of ether oxygens (including phenoxy) is 1. The first-order valence-corrected chi connectivity index (χ1v) is 14.6. The molecular formula is C31H31N7O2S. The average Bonchev–Trinajstić information content (AvgIpc) is 3.33. The summed E-state index contributed by atoms with van der Waals surface area (Å²) in [6.07, 6.45) is 3.39. The van der Waals surface area contributed by atoms with Gasteiger partial charge in [-0.1, -0.05) is 18.2 Å². The number of carbonyl (C=O) groups is 1. The number of aromatic nitrogens is 5. The molecular weight excluding hydrogens is 534 g/mol. The zero-order chi connectivity index (χ0) is 28.5. The van der Waals surface area contributed by atoms with E-state index >= 15 is 0 Å². The molecule has 3 atom stereocenters. The van der Waals surface area contributed by atoms with Crippen LogP contribution in [0.15, 0.2) is 60.9 Å². The minimum atomic E-state index is -0.556. The number of hydrogen-bond donors (Lipinski definition) is 1. The minimum absolute atomic E-state index is 0.0104. The first-order chi connectivity index (χ1) is 19.7. The van der Waals surface area contributed by atoms with E-state index < -0.39 is 5.54 Å². The largest absolute Gasteiger partial charge is 0.474 e. The van der Waals surface area contributed by atoms with Gasteiger partial charge in [0.25, 0.3) is 5.91 Å². The smallest absolute Gasteiger partial charge is 0.265 e. The summed E-state index contributed by atoms with van der Waals surface area (Å²) < 4.78 is 8.64. The van der Waals surface area contributed by atoms with E-state index in [1.807, 2.05) is 43.9 Å². The van der Waals surface area contributed by atoms with Gasteiger partial charge in [-0.2, -0.15) is 0 Å². The van der Waals surface area contributed by atoms with Crippen molar-refractivity contribution >= 4 is 28.1 Å². The van der Waals surface area contributed by atoms with E-state index in [-0.39, 0.29) is 23.8 Å². The molecule has 41 heavy (non-hydrogen) atoms. The van der Waals surface area contributed by atoms with Crippen LogP contribution in [0.3, 0.4) is 0 Å². The fourth-order valence-electron chi connectivity index (χ4n) is 5.80. The molecule has 10 heteroatoms. The SMILES string of the molecule is Cc1nc(-c2ncccn2)sc1C(=O)N1C[C@@H]2[C@H](C1)[C@@H]2Oc1cc(C(C)(C)N)cc(-c2cc3ccccc3n2C)n1. The van der Waals surface area contributed by atoms with Crippen molar-refractivity contribution in [3.8, 4) is 28.1 Å². The van der Waals surface area contributed by atoms with Crippen molar-refractivity contribution in [2.45, 2.75) is 32.4 Å². The molecule has 0 spiro atoms. The zero-order valence-corrected chi connectivity index (χ0v) is 24.2. The van der Waals surface area contributed by atoms with Gasteiger partial charge in [0, 0.05) is 66.9 Å². The normalized spacial score (nSPS) is 19.9. The van der Waals surface area contributed by atoms with Crippen LogP contribution in [-0.2, 0) is 12.6 Å². The van der Waals surface area contributed by atoms with E-state index in [4.69, 9.17) is 15.5 Å². The molecule has 2 aliphatic rings. The van der Waals surface area contributed by atoms with E-state index in [2.05, 4.69) is 50.8 Å². The molecule has 0 unspecified atom stereocenters. The van der Waals surface area contributed by atoms with Gasteiger partial charge in [-0.3, -0.25) is 4.79 Å². The minimum Gasteiger partial charge on any atom is -0.474 e. The molecule has 7 rings (SSSR count). The third kappa shape index (κ3) is 4.57. The Morgan fingerprint density at radius 2 is 1.78 bits per heavy atom. The van der Waals surface area contributed by atoms with Crippen LogP contribution in [0.25, 0.3) is 33.1 Å². The molecule has 208 valence electrons. The van der Waals surface area contributed by atoms with Crippen molar-refractivity contribution in [1.29, 1.82) is 0 Å². The quantitative estimate of drug-likeness (QED) is 0.315. The first-order valence-electron chi connectivity index (χ1n) is 13.7. The Kier molecular flexibility index (Phi) is 5.95. The Bertz CT molecular complexity index is 1780. The fraction of sp³-hybridized carbons (Fsp3) is 0.323. The Morgan fingerprint density at radius 3 is 2.49 bits per heavy atom. The maximum Gasteiger partial charge on any atom is 0.265 e. The molecule has 9 nitrogen and oxygen atoms in total. The molecule has 1 saturated carbocycles. The van der Waals surface area contributed by atoms with Crippen molar-refractivity contribution in [2.75, 3.05) is 13.1 Å². The van der Waals surface area contributed by atoms with E-state index in [0.717, 1.165) is 27.9 Å². The number of likely N-dealkylation sites (tertiary alicyclic amines) is 1. The highest BCUT2D eigenvalue weighted by Gasteiger charge is 2.59. The topological polar surface area (TPSA) is 112 Å². The lowest BCUT2D eigenvalue weighted by Crippen LogP contribution is -2.33. The predicted octanol–water partition coefficient (Wildman–Crippen LogP) is 4.81. The molecule has 5 aromatic rings. The van der Waals surface area contributed by atoms with Gasteiger partial charge in [0.15, 0.2) is 10.8 Å². The highest BCUT2D eigenvalue weighted by Crippen LogP contribution is 2.48. The number of amides is 1. The third-order valence-electron chi connectivity index (χ3n) is 8.17. The standard InChI is InChI=1S/C31H31N7O2S/c1-17-27(41-29(35-17)28-33-10-7-11-34-28)30(39)38-15-20-21(16-38)26(20)40-25-14-19(31(2,3)32)13-22(36-25)24-12-18-8-5-6-9-23(18)37(24)4/h5-14,20-21,26H,15-16,32H2,1-4H3/t20-,21+,26-. The van der Waals surface area contributed by atoms with E-state index in [9.17, 15) is 4.79 Å². The summed E-state index contributed by atoms with van der Waals surface area (Å²) in [5.41, 5.74) is 10.6. The number of para-hydroxylation sites is 1. The van der Waals surface area contributed by atoms with Gasteiger partial charge in [0.1, 0.15) is 11.0 Å². The Hall–Kier alpha value is -4.15. The summed E-state index contributed by atoms with van der Waals surface area (Å²) >= 11 is 1.35. The number of rotatable bonds is 6. The number of piperidine rings is 1. The van der Waals surface area contributed by atoms with Crippen molar-refractivity contribution in [3.05, 3.63) is 77.1 Å². The Balaban J connectivity index is 1.09. The highest BCUT2D eigenvalue weighted by molar-refractivity contribution is 7.17. The van der Waals surface area contributed by atoms with Gasteiger partial charge in [0.2, 0.25) is 5.88 Å². The van der Waals surface area contributed by atoms with Crippen molar-refractivity contribution in [2.24, 2.45) is 24.6 Å². The van der Waals surface area contributed by atoms with Gasteiger partial charge < -0.3 is 19.9 Å². The maximum atomic E-state index is 13.4. The van der Waals surface area contributed by atoms with Gasteiger partial charge in [-0.25, -0.2) is 19.9 Å². The lowest BCUT2D eigenvalue weighted by Gasteiger charge is -2.22. The number of benzene rings is 1. The van der Waals surface area contributed by atoms with Crippen LogP contribution in [0.2, 0.25) is 0 Å². The van der Waals surface area contributed by atoms with Crippen LogP contribution in [0, 0.1) is 18.8 Å². The molecule has 0 bridgehead atoms. The summed E-state index contributed by atoms with van der Waals surface area (Å²) in [5.74, 6) is 1.68. The number of aryl methyl sites for hydroxylation is 2. The molecule has 5 heterocycles. The summed E-state index contributed by atoms with van der Waals surface area (Å²) in [6, 6.07) is 16.2. The van der Waals surface area contributed by atoms with Crippen molar-refractivity contribution in [3.63, 3.8) is 0 Å². The van der Waals surface area contributed by atoms with Crippen LogP contribution in [-0.4, -0.2) is 54.5 Å².